The van der Waals surface area contributed by atoms with Gasteiger partial charge in [0.2, 0.25) is 5.95 Å². The normalized spacial score (nSPS) is 17.8. The van der Waals surface area contributed by atoms with Gasteiger partial charge in [-0.1, -0.05) is 6.92 Å². The third-order valence-electron chi connectivity index (χ3n) is 4.50. The van der Waals surface area contributed by atoms with Crippen LogP contribution in [0, 0.1) is 12.7 Å². The molecule has 2 aromatic rings. The van der Waals surface area contributed by atoms with Crippen molar-refractivity contribution in [3.8, 4) is 0 Å². The number of halogens is 1. The maximum atomic E-state index is 14.5. The second kappa shape index (κ2) is 7.07. The smallest absolute Gasteiger partial charge is 0.225 e. The largest absolute Gasteiger partial charge is 0.352 e. The second-order valence-corrected chi connectivity index (χ2v) is 6.22. The van der Waals surface area contributed by atoms with Gasteiger partial charge in [-0.25, -0.2) is 24.3 Å². The van der Waals surface area contributed by atoms with Gasteiger partial charge in [-0.05, 0) is 31.7 Å². The van der Waals surface area contributed by atoms with Crippen molar-refractivity contribution in [1.29, 1.82) is 0 Å². The SMILES string of the molecule is CCc1ncnc(N2CCCC(N(C)c3ncc(C)cn3)C2)c1F. The number of rotatable bonds is 4. The molecule has 1 aliphatic rings. The summed E-state index contributed by atoms with van der Waals surface area (Å²) in [6.07, 6.45) is 7.65. The molecule has 128 valence electrons. The summed E-state index contributed by atoms with van der Waals surface area (Å²) in [7, 11) is 1.99. The summed E-state index contributed by atoms with van der Waals surface area (Å²) < 4.78 is 14.5. The molecule has 1 saturated heterocycles. The fraction of sp³-hybridized carbons (Fsp3) is 0.529. The van der Waals surface area contributed by atoms with Crippen LogP contribution in [-0.4, -0.2) is 46.1 Å². The first-order valence-corrected chi connectivity index (χ1v) is 8.36. The van der Waals surface area contributed by atoms with Crippen LogP contribution in [0.15, 0.2) is 18.7 Å². The van der Waals surface area contributed by atoms with E-state index in [1.165, 1.54) is 6.33 Å². The van der Waals surface area contributed by atoms with E-state index in [1.807, 2.05) is 38.2 Å². The Morgan fingerprint density at radius 1 is 1.25 bits per heavy atom. The third kappa shape index (κ3) is 3.29. The lowest BCUT2D eigenvalue weighted by molar-refractivity contribution is 0.471. The third-order valence-corrected chi connectivity index (χ3v) is 4.50. The van der Waals surface area contributed by atoms with E-state index in [2.05, 4.69) is 24.8 Å². The summed E-state index contributed by atoms with van der Waals surface area (Å²) in [5.41, 5.74) is 1.50. The molecular formula is C17H23FN6. The molecular weight excluding hydrogens is 307 g/mol. The van der Waals surface area contributed by atoms with Gasteiger partial charge in [0.05, 0.1) is 5.69 Å². The van der Waals surface area contributed by atoms with Crippen LogP contribution >= 0.6 is 0 Å². The minimum absolute atomic E-state index is 0.223. The first kappa shape index (κ1) is 16.5. The monoisotopic (exact) mass is 330 g/mol. The van der Waals surface area contributed by atoms with Crippen LogP contribution in [0.5, 0.6) is 0 Å². The van der Waals surface area contributed by atoms with Crippen molar-refractivity contribution in [2.24, 2.45) is 0 Å². The Morgan fingerprint density at radius 3 is 2.71 bits per heavy atom. The molecule has 24 heavy (non-hydrogen) atoms. The lowest BCUT2D eigenvalue weighted by atomic mass is 10.0. The van der Waals surface area contributed by atoms with Gasteiger partial charge < -0.3 is 9.80 Å². The highest BCUT2D eigenvalue weighted by atomic mass is 19.1. The average molecular weight is 330 g/mol. The van der Waals surface area contributed by atoms with Crippen LogP contribution in [0.2, 0.25) is 0 Å². The molecule has 3 rings (SSSR count). The summed E-state index contributed by atoms with van der Waals surface area (Å²) >= 11 is 0. The number of likely N-dealkylation sites (N-methyl/N-ethyl adjacent to an activating group) is 1. The fourth-order valence-corrected chi connectivity index (χ4v) is 3.06. The summed E-state index contributed by atoms with van der Waals surface area (Å²) in [6.45, 7) is 5.37. The summed E-state index contributed by atoms with van der Waals surface area (Å²) in [5.74, 6) is 0.810. The molecule has 0 N–H and O–H groups in total. The molecule has 6 nitrogen and oxygen atoms in total. The van der Waals surface area contributed by atoms with Crippen LogP contribution in [0.3, 0.4) is 0 Å². The average Bonchev–Trinajstić information content (AvgIpc) is 2.62. The Kier molecular flexibility index (Phi) is 4.87. The zero-order valence-electron chi connectivity index (χ0n) is 14.4. The van der Waals surface area contributed by atoms with Gasteiger partial charge in [-0.3, -0.25) is 0 Å². The van der Waals surface area contributed by atoms with E-state index in [1.54, 1.807) is 0 Å². The molecule has 0 spiro atoms. The first-order chi connectivity index (χ1) is 11.6. The van der Waals surface area contributed by atoms with Gasteiger partial charge in [-0.15, -0.1) is 0 Å². The quantitative estimate of drug-likeness (QED) is 0.858. The van der Waals surface area contributed by atoms with Crippen LogP contribution in [-0.2, 0) is 6.42 Å². The molecule has 1 unspecified atom stereocenters. The number of piperidine rings is 1. The Labute approximate surface area is 141 Å². The highest BCUT2D eigenvalue weighted by molar-refractivity contribution is 5.43. The van der Waals surface area contributed by atoms with E-state index in [9.17, 15) is 4.39 Å². The van der Waals surface area contributed by atoms with Gasteiger partial charge in [0, 0.05) is 38.6 Å². The Balaban J connectivity index is 1.78. The number of hydrogen-bond donors (Lipinski definition) is 0. The molecule has 0 saturated carbocycles. The van der Waals surface area contributed by atoms with Crippen LogP contribution < -0.4 is 9.80 Å². The summed E-state index contributed by atoms with van der Waals surface area (Å²) in [6, 6.07) is 0.223. The van der Waals surface area contributed by atoms with Crippen molar-refractivity contribution in [3.63, 3.8) is 0 Å². The molecule has 3 heterocycles. The van der Waals surface area contributed by atoms with Gasteiger partial charge >= 0.3 is 0 Å². The van der Waals surface area contributed by atoms with Crippen LogP contribution in [0.25, 0.3) is 0 Å². The Morgan fingerprint density at radius 2 is 2.00 bits per heavy atom. The molecule has 0 aliphatic carbocycles. The number of aromatic nitrogens is 4. The molecule has 0 bridgehead atoms. The van der Waals surface area contributed by atoms with Crippen LogP contribution in [0.4, 0.5) is 16.2 Å². The number of anilines is 2. The zero-order valence-corrected chi connectivity index (χ0v) is 14.4. The zero-order chi connectivity index (χ0) is 17.1. The number of aryl methyl sites for hydroxylation is 2. The first-order valence-electron chi connectivity index (χ1n) is 8.36. The topological polar surface area (TPSA) is 58.0 Å². The van der Waals surface area contributed by atoms with Gasteiger partial charge in [0.25, 0.3) is 0 Å². The van der Waals surface area contributed by atoms with Crippen molar-refractivity contribution in [1.82, 2.24) is 19.9 Å². The standard InChI is InChI=1S/C17H23FN6/c1-4-14-15(18)16(22-11-21-14)24-7-5-6-13(10-24)23(3)17-19-8-12(2)9-20-17/h8-9,11,13H,4-7,10H2,1-3H3. The van der Waals surface area contributed by atoms with Gasteiger partial charge in [0.1, 0.15) is 6.33 Å². The van der Waals surface area contributed by atoms with E-state index in [4.69, 9.17) is 0 Å². The number of nitrogens with zero attached hydrogens (tertiary/aromatic N) is 6. The van der Waals surface area contributed by atoms with Crippen molar-refractivity contribution in [3.05, 3.63) is 35.8 Å². The van der Waals surface area contributed by atoms with Crippen molar-refractivity contribution < 1.29 is 4.39 Å². The summed E-state index contributed by atoms with van der Waals surface area (Å²) in [4.78, 5) is 21.1. The van der Waals surface area contributed by atoms with E-state index in [0.717, 1.165) is 24.9 Å². The van der Waals surface area contributed by atoms with E-state index >= 15 is 0 Å². The molecule has 1 aliphatic heterocycles. The highest BCUT2D eigenvalue weighted by Crippen LogP contribution is 2.25. The van der Waals surface area contributed by atoms with Gasteiger partial charge in [-0.2, -0.15) is 0 Å². The molecule has 0 amide bonds. The van der Waals surface area contributed by atoms with Crippen molar-refractivity contribution in [2.45, 2.75) is 39.2 Å². The van der Waals surface area contributed by atoms with E-state index < -0.39 is 0 Å². The predicted octanol–water partition coefficient (Wildman–Crippen LogP) is 2.38. The lowest BCUT2D eigenvalue weighted by Crippen LogP contribution is -2.47. The molecule has 0 aromatic carbocycles. The minimum Gasteiger partial charge on any atom is -0.352 e. The van der Waals surface area contributed by atoms with Crippen LogP contribution in [0.1, 0.15) is 31.0 Å². The fourth-order valence-electron chi connectivity index (χ4n) is 3.06. The molecule has 1 fully saturated rings. The highest BCUT2D eigenvalue weighted by Gasteiger charge is 2.27. The molecule has 0 radical (unpaired) electrons. The lowest BCUT2D eigenvalue weighted by Gasteiger charge is -2.38. The Bertz CT molecular complexity index is 690. The molecule has 1 atom stereocenters. The molecule has 7 heteroatoms. The minimum atomic E-state index is -0.296. The maximum Gasteiger partial charge on any atom is 0.225 e. The maximum absolute atomic E-state index is 14.5. The van der Waals surface area contributed by atoms with Crippen molar-refractivity contribution >= 4 is 11.8 Å². The Hall–Kier alpha value is -2.31. The van der Waals surface area contributed by atoms with E-state index in [-0.39, 0.29) is 11.9 Å². The summed E-state index contributed by atoms with van der Waals surface area (Å²) in [5, 5.41) is 0. The van der Waals surface area contributed by atoms with Gasteiger partial charge in [0.15, 0.2) is 11.6 Å². The van der Waals surface area contributed by atoms with Crippen molar-refractivity contribution in [2.75, 3.05) is 29.9 Å². The predicted molar refractivity (Wildman–Crippen MR) is 91.8 cm³/mol. The second-order valence-electron chi connectivity index (χ2n) is 6.22. The van der Waals surface area contributed by atoms with E-state index in [0.29, 0.717) is 30.4 Å². The number of hydrogen-bond acceptors (Lipinski definition) is 6. The molecule has 2 aromatic heterocycles.